The van der Waals surface area contributed by atoms with Gasteiger partial charge in [-0.05, 0) is 84.9 Å². The Morgan fingerprint density at radius 1 is 0.486 bits per heavy atom. The van der Waals surface area contributed by atoms with Gasteiger partial charge in [0.05, 0.1) is 14.2 Å². The third kappa shape index (κ3) is 4.05. The molecule has 6 aromatic carbocycles. The van der Waals surface area contributed by atoms with Gasteiger partial charge in [0.15, 0.2) is 0 Å². The topological polar surface area (TPSA) is 27.7 Å². The van der Waals surface area contributed by atoms with Crippen molar-refractivity contribution >= 4 is 32.3 Å². The molecule has 6 rings (SSSR count). The second-order valence-electron chi connectivity index (χ2n) is 8.52. The number of ether oxygens (including phenoxy) is 3. The number of benzene rings is 6. The minimum Gasteiger partial charge on any atom is -0.497 e. The summed E-state index contributed by atoms with van der Waals surface area (Å²) in [5, 5.41) is 7.73. The molecule has 0 atom stereocenters. The first-order chi connectivity index (χ1) is 17.2. The van der Waals surface area contributed by atoms with Gasteiger partial charge in [-0.1, -0.05) is 66.7 Å². The maximum atomic E-state index is 5.41. The summed E-state index contributed by atoms with van der Waals surface area (Å²) in [6.45, 7) is 0. The molecule has 0 aliphatic rings. The van der Waals surface area contributed by atoms with Crippen LogP contribution in [0.25, 0.3) is 54.6 Å². The number of hydrogen-bond donors (Lipinski definition) is 0. The zero-order valence-corrected chi connectivity index (χ0v) is 20.5. The fourth-order valence-electron chi connectivity index (χ4n) is 4.88. The van der Waals surface area contributed by atoms with E-state index >= 15 is 0 Å². The van der Waals surface area contributed by atoms with Crippen molar-refractivity contribution in [2.45, 2.75) is 0 Å². The van der Waals surface area contributed by atoms with Crippen LogP contribution in [0.15, 0.2) is 97.1 Å². The summed E-state index contributed by atoms with van der Waals surface area (Å²) in [7, 11) is 6.65. The van der Waals surface area contributed by atoms with Crippen LogP contribution in [-0.4, -0.2) is 28.4 Å². The van der Waals surface area contributed by atoms with Gasteiger partial charge in [-0.15, -0.1) is 0 Å². The minimum absolute atomic E-state index is 0.859. The van der Waals surface area contributed by atoms with Crippen LogP contribution in [0.3, 0.4) is 0 Å². The lowest BCUT2D eigenvalue weighted by molar-refractivity contribution is 0.277. The highest BCUT2D eigenvalue weighted by molar-refractivity contribution is 6.27. The Hall–Kier alpha value is -4.08. The van der Waals surface area contributed by atoms with E-state index in [9.17, 15) is 0 Å². The molecule has 174 valence electrons. The summed E-state index contributed by atoms with van der Waals surface area (Å²) in [6.07, 6.45) is 0. The van der Waals surface area contributed by atoms with Crippen LogP contribution < -0.4 is 9.47 Å². The minimum atomic E-state index is 0.859. The third-order valence-electron chi connectivity index (χ3n) is 6.43. The van der Waals surface area contributed by atoms with Crippen molar-refractivity contribution < 1.29 is 14.2 Å². The summed E-state index contributed by atoms with van der Waals surface area (Å²) >= 11 is 0. The first-order valence-corrected chi connectivity index (χ1v) is 11.6. The van der Waals surface area contributed by atoms with Crippen molar-refractivity contribution in [3.8, 4) is 33.8 Å². The van der Waals surface area contributed by atoms with E-state index in [4.69, 9.17) is 9.47 Å². The van der Waals surface area contributed by atoms with Crippen LogP contribution in [0, 0.1) is 0 Å². The maximum absolute atomic E-state index is 5.41. The molecule has 0 aliphatic heterocycles. The number of rotatable bonds is 4. The Balaban J connectivity index is 0.000000806. The van der Waals surface area contributed by atoms with E-state index < -0.39 is 0 Å². The first-order valence-electron chi connectivity index (χ1n) is 11.6. The Kier molecular flexibility index (Phi) is 6.26. The molecular weight excluding hydrogens is 432 g/mol. The van der Waals surface area contributed by atoms with Gasteiger partial charge in [-0.2, -0.15) is 0 Å². The second kappa shape index (κ2) is 9.65. The molecule has 0 heterocycles. The van der Waals surface area contributed by atoms with Crippen molar-refractivity contribution in [2.75, 3.05) is 28.4 Å². The molecule has 0 aromatic heterocycles. The van der Waals surface area contributed by atoms with Crippen LogP contribution in [-0.2, 0) is 4.74 Å². The SMILES string of the molecule is COC.COc1ccc(-c2cc3ccc4cccc5ccc(c2-c2ccc(OC)cc2)c3c45)cc1. The van der Waals surface area contributed by atoms with Gasteiger partial charge in [0.25, 0.3) is 0 Å². The average Bonchev–Trinajstić information content (AvgIpc) is 2.92. The monoisotopic (exact) mass is 460 g/mol. The summed E-state index contributed by atoms with van der Waals surface area (Å²) in [6, 6.07) is 34.6. The molecule has 0 radical (unpaired) electrons. The van der Waals surface area contributed by atoms with Crippen molar-refractivity contribution in [3.63, 3.8) is 0 Å². The summed E-state index contributed by atoms with van der Waals surface area (Å²) in [5.41, 5.74) is 4.80. The van der Waals surface area contributed by atoms with Gasteiger partial charge in [0, 0.05) is 14.2 Å². The third-order valence-corrected chi connectivity index (χ3v) is 6.43. The fourth-order valence-corrected chi connectivity index (χ4v) is 4.88. The van der Waals surface area contributed by atoms with E-state index in [0.29, 0.717) is 0 Å². The molecule has 6 aromatic rings. The summed E-state index contributed by atoms with van der Waals surface area (Å²) < 4.78 is 15.1. The highest BCUT2D eigenvalue weighted by atomic mass is 16.5. The van der Waals surface area contributed by atoms with Gasteiger partial charge < -0.3 is 14.2 Å². The van der Waals surface area contributed by atoms with E-state index in [1.54, 1.807) is 28.4 Å². The normalized spacial score (nSPS) is 11.0. The zero-order chi connectivity index (χ0) is 24.4. The molecule has 0 bridgehead atoms. The average molecular weight is 461 g/mol. The lowest BCUT2D eigenvalue weighted by atomic mass is 9.85. The maximum Gasteiger partial charge on any atom is 0.118 e. The molecule has 0 unspecified atom stereocenters. The van der Waals surface area contributed by atoms with E-state index in [1.165, 1.54) is 54.6 Å². The Morgan fingerprint density at radius 2 is 1.00 bits per heavy atom. The smallest absolute Gasteiger partial charge is 0.118 e. The predicted octanol–water partition coefficient (Wildman–Crippen LogP) is 8.20. The molecule has 0 amide bonds. The summed E-state index contributed by atoms with van der Waals surface area (Å²) in [4.78, 5) is 0. The molecule has 3 nitrogen and oxygen atoms in total. The Morgan fingerprint density at radius 3 is 1.57 bits per heavy atom. The van der Waals surface area contributed by atoms with Crippen LogP contribution in [0.2, 0.25) is 0 Å². The van der Waals surface area contributed by atoms with Crippen molar-refractivity contribution in [2.24, 2.45) is 0 Å². The Labute approximate surface area is 205 Å². The zero-order valence-electron chi connectivity index (χ0n) is 20.5. The van der Waals surface area contributed by atoms with Crippen LogP contribution >= 0.6 is 0 Å². The van der Waals surface area contributed by atoms with Gasteiger partial charge >= 0.3 is 0 Å². The van der Waals surface area contributed by atoms with Crippen molar-refractivity contribution in [1.29, 1.82) is 0 Å². The lowest BCUT2D eigenvalue weighted by Gasteiger charge is -2.19. The molecule has 35 heavy (non-hydrogen) atoms. The Bertz CT molecular complexity index is 1570. The fraction of sp³-hybridized carbons (Fsp3) is 0.125. The van der Waals surface area contributed by atoms with E-state index in [2.05, 4.69) is 77.5 Å². The summed E-state index contributed by atoms with van der Waals surface area (Å²) in [5.74, 6) is 1.72. The molecule has 0 saturated carbocycles. The second-order valence-corrected chi connectivity index (χ2v) is 8.52. The molecule has 0 N–H and O–H groups in total. The highest BCUT2D eigenvalue weighted by Gasteiger charge is 2.17. The molecule has 3 heteroatoms. The highest BCUT2D eigenvalue weighted by Crippen LogP contribution is 2.44. The number of methoxy groups -OCH3 is 3. The van der Waals surface area contributed by atoms with E-state index in [-0.39, 0.29) is 0 Å². The molecule has 0 aliphatic carbocycles. The van der Waals surface area contributed by atoms with E-state index in [1.807, 2.05) is 24.3 Å². The largest absolute Gasteiger partial charge is 0.497 e. The molecule has 0 spiro atoms. The quantitative estimate of drug-likeness (QED) is 0.248. The van der Waals surface area contributed by atoms with Gasteiger partial charge in [0.2, 0.25) is 0 Å². The number of hydrogen-bond acceptors (Lipinski definition) is 3. The predicted molar refractivity (Wildman–Crippen MR) is 147 cm³/mol. The molecule has 0 fully saturated rings. The van der Waals surface area contributed by atoms with Gasteiger partial charge in [-0.3, -0.25) is 0 Å². The van der Waals surface area contributed by atoms with Gasteiger partial charge in [-0.25, -0.2) is 0 Å². The molecular formula is C32H28O3. The van der Waals surface area contributed by atoms with Crippen molar-refractivity contribution in [1.82, 2.24) is 0 Å². The molecule has 0 saturated heterocycles. The first kappa shape index (κ1) is 22.7. The standard InChI is InChI=1S/C30H22O2.C2H6O/c1-31-24-13-8-19(9-14-24)27-18-23-7-6-20-4-3-5-21-12-17-26(30(23)28(20)21)29(27)22-10-15-25(32-2)16-11-22;1-3-2/h3-18H,1-2H3;1-2H3. The van der Waals surface area contributed by atoms with E-state index in [0.717, 1.165) is 11.5 Å². The van der Waals surface area contributed by atoms with Gasteiger partial charge in [0.1, 0.15) is 11.5 Å². The van der Waals surface area contributed by atoms with Crippen LogP contribution in [0.4, 0.5) is 0 Å². The van der Waals surface area contributed by atoms with Crippen LogP contribution in [0.1, 0.15) is 0 Å². The lowest BCUT2D eigenvalue weighted by Crippen LogP contribution is -1.92. The van der Waals surface area contributed by atoms with Crippen LogP contribution in [0.5, 0.6) is 11.5 Å². The van der Waals surface area contributed by atoms with Crippen molar-refractivity contribution in [3.05, 3.63) is 97.1 Å².